The highest BCUT2D eigenvalue weighted by molar-refractivity contribution is 5.18. The third kappa shape index (κ3) is 2.09. The van der Waals surface area contributed by atoms with E-state index in [2.05, 4.69) is 40.7 Å². The van der Waals surface area contributed by atoms with E-state index < -0.39 is 0 Å². The Hall–Kier alpha value is -0.260. The van der Waals surface area contributed by atoms with Gasteiger partial charge in [0.2, 0.25) is 0 Å². The Bertz CT molecular complexity index is 310. The van der Waals surface area contributed by atoms with Crippen LogP contribution in [-0.2, 0) is 0 Å². The van der Waals surface area contributed by atoms with Crippen LogP contribution in [0.4, 0.5) is 0 Å². The van der Waals surface area contributed by atoms with Crippen LogP contribution in [0.1, 0.15) is 73.1 Å². The molecule has 0 N–H and O–H groups in total. The van der Waals surface area contributed by atoms with Crippen LogP contribution in [0.25, 0.3) is 0 Å². The summed E-state index contributed by atoms with van der Waals surface area (Å²) >= 11 is 0. The van der Waals surface area contributed by atoms with Gasteiger partial charge in [0, 0.05) is 0 Å². The average Bonchev–Trinajstić information content (AvgIpc) is 2.22. The molecule has 3 atom stereocenters. The molecule has 0 aliphatic heterocycles. The zero-order chi connectivity index (χ0) is 12.7. The first-order chi connectivity index (χ1) is 7.92. The molecule has 0 heterocycles. The lowest BCUT2D eigenvalue weighted by Crippen LogP contribution is -2.48. The summed E-state index contributed by atoms with van der Waals surface area (Å²) < 4.78 is 0. The highest BCUT2D eigenvalue weighted by Crippen LogP contribution is 2.60. The first-order valence-electron chi connectivity index (χ1n) is 7.58. The maximum atomic E-state index is 2.59. The number of allylic oxidation sites excluding steroid dienone is 2. The maximum Gasteiger partial charge on any atom is -0.0149 e. The maximum absolute atomic E-state index is 2.59. The van der Waals surface area contributed by atoms with Crippen molar-refractivity contribution in [2.24, 2.45) is 22.7 Å². The van der Waals surface area contributed by atoms with Crippen LogP contribution in [-0.4, -0.2) is 0 Å². The Morgan fingerprint density at radius 3 is 2.59 bits per heavy atom. The Morgan fingerprint density at radius 1 is 1.24 bits per heavy atom. The molecule has 0 saturated heterocycles. The molecule has 0 nitrogen and oxygen atoms in total. The third-order valence-corrected chi connectivity index (χ3v) is 5.87. The van der Waals surface area contributed by atoms with Gasteiger partial charge in [-0.2, -0.15) is 0 Å². The minimum absolute atomic E-state index is 0.552. The lowest BCUT2D eigenvalue weighted by atomic mass is 9.48. The summed E-state index contributed by atoms with van der Waals surface area (Å²) in [5, 5.41) is 0. The zero-order valence-corrected chi connectivity index (χ0v) is 12.5. The Kier molecular flexibility index (Phi) is 3.45. The quantitative estimate of drug-likeness (QED) is 0.547. The second kappa shape index (κ2) is 4.44. The zero-order valence-electron chi connectivity index (χ0n) is 12.5. The van der Waals surface area contributed by atoms with Gasteiger partial charge in [0.25, 0.3) is 0 Å². The molecular weight excluding hydrogens is 204 g/mol. The molecule has 0 bridgehead atoms. The molecule has 0 aromatic carbocycles. The van der Waals surface area contributed by atoms with E-state index in [0.717, 1.165) is 11.8 Å². The summed E-state index contributed by atoms with van der Waals surface area (Å²) in [4.78, 5) is 0. The van der Waals surface area contributed by atoms with Gasteiger partial charge >= 0.3 is 0 Å². The van der Waals surface area contributed by atoms with Crippen LogP contribution in [0.15, 0.2) is 11.6 Å². The Labute approximate surface area is 108 Å². The van der Waals surface area contributed by atoms with Crippen molar-refractivity contribution in [3.8, 4) is 0 Å². The molecule has 0 radical (unpaired) electrons. The van der Waals surface area contributed by atoms with Crippen molar-refractivity contribution in [3.05, 3.63) is 11.6 Å². The predicted octanol–water partition coefficient (Wildman–Crippen LogP) is 5.59. The van der Waals surface area contributed by atoms with Gasteiger partial charge in [-0.05, 0) is 55.3 Å². The number of hydrogen-bond donors (Lipinski definition) is 0. The Morgan fingerprint density at radius 2 is 1.94 bits per heavy atom. The number of rotatable bonds is 2. The van der Waals surface area contributed by atoms with Crippen molar-refractivity contribution < 1.29 is 0 Å². The number of hydrogen-bond acceptors (Lipinski definition) is 0. The van der Waals surface area contributed by atoms with E-state index in [0.29, 0.717) is 10.8 Å². The molecule has 1 saturated carbocycles. The summed E-state index contributed by atoms with van der Waals surface area (Å²) in [6, 6.07) is 0. The first-order valence-corrected chi connectivity index (χ1v) is 7.58. The summed E-state index contributed by atoms with van der Waals surface area (Å²) in [6.45, 7) is 12.3. The highest BCUT2D eigenvalue weighted by atomic mass is 14.6. The standard InChI is InChI=1S/C17H30/c1-6-8-14-13(2)9-10-15-16(3,4)11-7-12-17(14,15)5/h9,14-15H,6-8,10-12H2,1-5H3. The van der Waals surface area contributed by atoms with E-state index in [1.807, 2.05) is 0 Å². The summed E-state index contributed by atoms with van der Waals surface area (Å²) in [6.07, 6.45) is 10.9. The summed E-state index contributed by atoms with van der Waals surface area (Å²) in [5.74, 6) is 1.76. The summed E-state index contributed by atoms with van der Waals surface area (Å²) in [5.41, 5.74) is 2.82. The van der Waals surface area contributed by atoms with E-state index in [1.54, 1.807) is 5.57 Å². The fraction of sp³-hybridized carbons (Fsp3) is 0.882. The predicted molar refractivity (Wildman–Crippen MR) is 76.0 cm³/mol. The molecule has 2 aliphatic carbocycles. The third-order valence-electron chi connectivity index (χ3n) is 5.87. The molecular formula is C17H30. The van der Waals surface area contributed by atoms with Gasteiger partial charge in [0.05, 0.1) is 0 Å². The highest BCUT2D eigenvalue weighted by Gasteiger charge is 2.51. The second-order valence-corrected chi connectivity index (χ2v) is 7.43. The topological polar surface area (TPSA) is 0 Å². The largest absolute Gasteiger partial charge is 0.0850 e. The molecule has 2 rings (SSSR count). The molecule has 3 unspecified atom stereocenters. The van der Waals surface area contributed by atoms with Crippen molar-refractivity contribution in [3.63, 3.8) is 0 Å². The molecule has 1 fully saturated rings. The Balaban J connectivity index is 2.35. The van der Waals surface area contributed by atoms with Crippen molar-refractivity contribution >= 4 is 0 Å². The molecule has 17 heavy (non-hydrogen) atoms. The van der Waals surface area contributed by atoms with Crippen LogP contribution in [0.5, 0.6) is 0 Å². The van der Waals surface area contributed by atoms with Crippen molar-refractivity contribution in [2.75, 3.05) is 0 Å². The van der Waals surface area contributed by atoms with Crippen LogP contribution < -0.4 is 0 Å². The van der Waals surface area contributed by atoms with Crippen LogP contribution in [0.2, 0.25) is 0 Å². The molecule has 98 valence electrons. The SMILES string of the molecule is CCCC1C(C)=CCC2C(C)(C)CCCC12C. The molecule has 2 aliphatic rings. The van der Waals surface area contributed by atoms with Gasteiger partial charge in [-0.25, -0.2) is 0 Å². The van der Waals surface area contributed by atoms with Gasteiger partial charge in [0.15, 0.2) is 0 Å². The minimum atomic E-state index is 0.552. The summed E-state index contributed by atoms with van der Waals surface area (Å²) in [7, 11) is 0. The fourth-order valence-electron chi connectivity index (χ4n) is 4.98. The van der Waals surface area contributed by atoms with Crippen molar-refractivity contribution in [1.29, 1.82) is 0 Å². The monoisotopic (exact) mass is 234 g/mol. The van der Waals surface area contributed by atoms with Gasteiger partial charge in [0.1, 0.15) is 0 Å². The lowest BCUT2D eigenvalue weighted by molar-refractivity contribution is -0.0392. The van der Waals surface area contributed by atoms with Gasteiger partial charge in [-0.15, -0.1) is 0 Å². The van der Waals surface area contributed by atoms with Crippen molar-refractivity contribution in [1.82, 2.24) is 0 Å². The van der Waals surface area contributed by atoms with Crippen LogP contribution in [0.3, 0.4) is 0 Å². The van der Waals surface area contributed by atoms with Gasteiger partial charge < -0.3 is 0 Å². The lowest BCUT2D eigenvalue weighted by Gasteiger charge is -2.57. The molecule has 0 heteroatoms. The van der Waals surface area contributed by atoms with Crippen LogP contribution in [0, 0.1) is 22.7 Å². The van der Waals surface area contributed by atoms with Gasteiger partial charge in [-0.3, -0.25) is 0 Å². The van der Waals surface area contributed by atoms with E-state index in [1.165, 1.54) is 38.5 Å². The fourth-order valence-corrected chi connectivity index (χ4v) is 4.98. The second-order valence-electron chi connectivity index (χ2n) is 7.43. The van der Waals surface area contributed by atoms with E-state index in [-0.39, 0.29) is 0 Å². The van der Waals surface area contributed by atoms with Gasteiger partial charge in [-0.1, -0.05) is 52.2 Å². The smallest absolute Gasteiger partial charge is 0.0149 e. The average molecular weight is 234 g/mol. The molecule has 0 aromatic heterocycles. The normalized spacial score (nSPS) is 40.6. The number of fused-ring (bicyclic) bond motifs is 1. The molecule has 0 aromatic rings. The molecule has 0 spiro atoms. The van der Waals surface area contributed by atoms with E-state index in [4.69, 9.17) is 0 Å². The van der Waals surface area contributed by atoms with Crippen molar-refractivity contribution in [2.45, 2.75) is 73.1 Å². The minimum Gasteiger partial charge on any atom is -0.0850 e. The van der Waals surface area contributed by atoms with Crippen LogP contribution >= 0.6 is 0 Å². The van der Waals surface area contributed by atoms with E-state index >= 15 is 0 Å². The first kappa shape index (κ1) is 13.2. The van der Waals surface area contributed by atoms with E-state index in [9.17, 15) is 0 Å². The molecule has 0 amide bonds.